The predicted molar refractivity (Wildman–Crippen MR) is 124 cm³/mol. The van der Waals surface area contributed by atoms with Crippen LogP contribution in [0.5, 0.6) is 0 Å². The normalized spacial score (nSPS) is 11.0. The third-order valence-electron chi connectivity index (χ3n) is 4.15. The molecular formula is C17H14BrClF9N10NaO4. The van der Waals surface area contributed by atoms with Crippen LogP contribution in [0.2, 0.25) is 5.02 Å². The number of alkyl halides is 10. The molecule has 0 bridgehead atoms. The molecule has 0 saturated heterocycles. The Hall–Kier alpha value is -2.88. The van der Waals surface area contributed by atoms with Crippen LogP contribution >= 0.6 is 27.5 Å². The topological polar surface area (TPSA) is 207 Å². The van der Waals surface area contributed by atoms with Crippen LogP contribution in [-0.2, 0) is 57.8 Å². The van der Waals surface area contributed by atoms with Gasteiger partial charge >= 0.3 is 60.0 Å². The molecular weight excluding hydrogens is 718 g/mol. The molecule has 43 heavy (non-hydrogen) atoms. The van der Waals surface area contributed by atoms with E-state index in [9.17, 15) is 49.1 Å². The standard InChI is InChI=1S/C10H9BrF6N2O2.C7H5ClF3N5O2.N3.Na/c1-2-21-6(20)4-19-5(3-11)7(9(12,13)14)8(18-19)10(15,16)17;8-5-3(1-13-15-12)16(2-4(17)18)14-6(5)7(9,10)11;1-3-2;/h2-4H2,1H3;1-2H2,(H,17,18);;/q;;-1;+1. The van der Waals surface area contributed by atoms with E-state index in [1.54, 1.807) is 0 Å². The van der Waals surface area contributed by atoms with E-state index in [0.717, 1.165) is 0 Å². The Morgan fingerprint density at radius 2 is 1.42 bits per heavy atom. The largest absolute Gasteiger partial charge is 1.00 e. The number of esters is 1. The maximum absolute atomic E-state index is 12.8. The second kappa shape index (κ2) is 18.0. The zero-order chi connectivity index (χ0) is 33.1. The molecule has 234 valence electrons. The second-order valence-electron chi connectivity index (χ2n) is 6.90. The van der Waals surface area contributed by atoms with E-state index < -0.39 is 83.1 Å². The Balaban J connectivity index is 0. The van der Waals surface area contributed by atoms with Gasteiger partial charge in [0.05, 0.1) is 29.6 Å². The number of rotatable bonds is 8. The molecule has 0 aliphatic carbocycles. The summed E-state index contributed by atoms with van der Waals surface area (Å²) in [6.45, 7) is -0.775. The summed E-state index contributed by atoms with van der Waals surface area (Å²) >= 11 is 8.13. The van der Waals surface area contributed by atoms with Crippen molar-refractivity contribution in [3.63, 3.8) is 0 Å². The number of hydrogen-bond donors (Lipinski definition) is 1. The number of nitrogens with zero attached hydrogens (tertiary/aromatic N) is 10. The average Bonchev–Trinajstić information content (AvgIpc) is 3.36. The van der Waals surface area contributed by atoms with Crippen molar-refractivity contribution in [2.24, 2.45) is 5.11 Å². The fourth-order valence-electron chi connectivity index (χ4n) is 2.75. The van der Waals surface area contributed by atoms with E-state index >= 15 is 0 Å². The number of azide groups is 1. The fraction of sp³-hybridized carbons (Fsp3) is 0.529. The molecule has 14 nitrogen and oxygen atoms in total. The fourth-order valence-corrected chi connectivity index (χ4v) is 3.63. The van der Waals surface area contributed by atoms with Gasteiger partial charge in [0.25, 0.3) is 0 Å². The third-order valence-corrected chi connectivity index (χ3v) is 5.08. The summed E-state index contributed by atoms with van der Waals surface area (Å²) in [6.07, 6.45) is -15.4. The van der Waals surface area contributed by atoms with Crippen molar-refractivity contribution < 1.29 is 88.5 Å². The molecule has 0 aromatic carbocycles. The van der Waals surface area contributed by atoms with E-state index in [2.05, 4.69) is 40.9 Å². The molecule has 2 rings (SSSR count). The van der Waals surface area contributed by atoms with Crippen molar-refractivity contribution in [3.8, 4) is 0 Å². The van der Waals surface area contributed by atoms with E-state index in [4.69, 9.17) is 33.3 Å². The van der Waals surface area contributed by atoms with Crippen molar-refractivity contribution in [2.75, 3.05) is 6.61 Å². The van der Waals surface area contributed by atoms with Gasteiger partial charge in [-0.15, -0.1) is 0 Å². The van der Waals surface area contributed by atoms with Gasteiger partial charge in [0.1, 0.15) is 18.7 Å². The quantitative estimate of drug-likeness (QED) is 0.0814. The molecule has 2 aromatic rings. The number of carbonyl (C=O) groups is 2. The Bertz CT molecular complexity index is 1340. The van der Waals surface area contributed by atoms with Gasteiger partial charge in [-0.2, -0.15) is 49.7 Å². The number of carboxylic acid groups (broad SMARTS) is 1. The van der Waals surface area contributed by atoms with Crippen molar-refractivity contribution >= 4 is 39.5 Å². The molecule has 0 radical (unpaired) electrons. The summed E-state index contributed by atoms with van der Waals surface area (Å²) in [5.41, 5.74) is 15.1. The predicted octanol–water partition coefficient (Wildman–Crippen LogP) is 3.70. The monoisotopic (exact) mass is 730 g/mol. The van der Waals surface area contributed by atoms with Gasteiger partial charge in [-0.3, -0.25) is 23.9 Å². The minimum atomic E-state index is -5.29. The van der Waals surface area contributed by atoms with Crippen LogP contribution in [-0.4, -0.2) is 43.2 Å². The summed E-state index contributed by atoms with van der Waals surface area (Å²) in [7, 11) is 0. The summed E-state index contributed by atoms with van der Waals surface area (Å²) in [6, 6.07) is 0. The number of carboxylic acids is 1. The van der Waals surface area contributed by atoms with Gasteiger partial charge in [0.2, 0.25) is 0 Å². The van der Waals surface area contributed by atoms with Crippen LogP contribution < -0.4 is 29.6 Å². The van der Waals surface area contributed by atoms with Crippen LogP contribution in [0.1, 0.15) is 35.3 Å². The summed E-state index contributed by atoms with van der Waals surface area (Å²) in [5, 5.41) is 16.2. The van der Waals surface area contributed by atoms with Crippen molar-refractivity contribution in [3.05, 3.63) is 59.8 Å². The number of carbonyl (C=O) groups excluding carboxylic acids is 1. The van der Waals surface area contributed by atoms with Crippen LogP contribution in [0.25, 0.3) is 26.4 Å². The second-order valence-corrected chi connectivity index (χ2v) is 7.84. The Kier molecular flexibility index (Phi) is 17.7. The molecule has 0 fully saturated rings. The minimum Gasteiger partial charge on any atom is -0.480 e. The number of halogens is 11. The van der Waals surface area contributed by atoms with E-state index in [0.29, 0.717) is 9.36 Å². The van der Waals surface area contributed by atoms with Gasteiger partial charge in [-0.25, -0.2) is 0 Å². The molecule has 26 heteroatoms. The van der Waals surface area contributed by atoms with Crippen molar-refractivity contribution in [2.45, 2.75) is 50.4 Å². The smallest absolute Gasteiger partial charge is 0.480 e. The molecule has 0 spiro atoms. The number of aliphatic carboxylic acids is 1. The first kappa shape index (κ1) is 42.3. The molecule has 0 saturated carbocycles. The summed E-state index contributed by atoms with van der Waals surface area (Å²) in [4.78, 5) is 25.6. The van der Waals surface area contributed by atoms with Gasteiger partial charge < -0.3 is 20.9 Å². The van der Waals surface area contributed by atoms with Gasteiger partial charge in [-0.05, 0) is 12.5 Å². The van der Waals surface area contributed by atoms with Gasteiger partial charge in [-0.1, -0.05) is 32.6 Å². The van der Waals surface area contributed by atoms with Gasteiger partial charge in [0.15, 0.2) is 11.4 Å². The Morgan fingerprint density at radius 3 is 1.79 bits per heavy atom. The van der Waals surface area contributed by atoms with Gasteiger partial charge in [0, 0.05) is 10.2 Å². The van der Waals surface area contributed by atoms with E-state index in [1.807, 2.05) is 0 Å². The van der Waals surface area contributed by atoms with Crippen LogP contribution in [0.3, 0.4) is 0 Å². The first-order valence-electron chi connectivity index (χ1n) is 10.2. The van der Waals surface area contributed by atoms with Crippen LogP contribution in [0, 0.1) is 0 Å². The number of ether oxygens (including phenoxy) is 1. The molecule has 0 amide bonds. The molecule has 2 aromatic heterocycles. The SMILES string of the molecule is CCOC(=O)Cn1nc(C(F)(F)F)c(C(F)(F)F)c1CBr.[N-]=[N+]=NCc1c(Cl)c(C(F)(F)F)nn1CC(=O)O.[N-]=[N+]=[N-].[Na+]. The first-order chi connectivity index (χ1) is 19.2. The molecule has 2 heterocycles. The average molecular weight is 732 g/mol. The first-order valence-corrected chi connectivity index (χ1v) is 11.7. The molecule has 0 unspecified atom stereocenters. The maximum atomic E-state index is 12.8. The Morgan fingerprint density at radius 1 is 0.953 bits per heavy atom. The summed E-state index contributed by atoms with van der Waals surface area (Å²) in [5.74, 6) is -2.38. The zero-order valence-corrected chi connectivity index (χ0v) is 25.7. The van der Waals surface area contributed by atoms with Crippen LogP contribution in [0.15, 0.2) is 5.11 Å². The zero-order valence-electron chi connectivity index (χ0n) is 21.3. The minimum absolute atomic E-state index is 0. The third kappa shape index (κ3) is 13.1. The Labute approximate surface area is 268 Å². The number of aromatic nitrogens is 4. The van der Waals surface area contributed by atoms with E-state index in [-0.39, 0.29) is 41.9 Å². The van der Waals surface area contributed by atoms with Crippen molar-refractivity contribution in [1.29, 1.82) is 0 Å². The molecule has 0 aliphatic rings. The maximum Gasteiger partial charge on any atom is 1.00 e. The number of hydrogen-bond acceptors (Lipinski definition) is 6. The van der Waals surface area contributed by atoms with Crippen molar-refractivity contribution in [1.82, 2.24) is 19.6 Å². The van der Waals surface area contributed by atoms with Crippen LogP contribution in [0.4, 0.5) is 39.5 Å². The molecule has 1 N–H and O–H groups in total. The van der Waals surface area contributed by atoms with E-state index in [1.165, 1.54) is 11.8 Å². The molecule has 0 atom stereocenters. The summed E-state index contributed by atoms with van der Waals surface area (Å²) < 4.78 is 119. The molecule has 0 aliphatic heterocycles.